The molecule has 3 N–H and O–H groups in total. The first kappa shape index (κ1) is 21.3. The molecule has 156 valence electrons. The molecule has 0 aliphatic carbocycles. The zero-order valence-corrected chi connectivity index (χ0v) is 17.4. The van der Waals surface area contributed by atoms with Gasteiger partial charge in [-0.15, -0.1) is 0 Å². The summed E-state index contributed by atoms with van der Waals surface area (Å²) in [5, 5.41) is 20.8. The van der Waals surface area contributed by atoms with Crippen molar-refractivity contribution in [1.29, 1.82) is 0 Å². The number of benzene rings is 2. The summed E-state index contributed by atoms with van der Waals surface area (Å²) in [7, 11) is 0. The normalized spacial score (nSPS) is 18.0. The molecule has 1 aliphatic rings. The summed E-state index contributed by atoms with van der Waals surface area (Å²) >= 11 is 0. The quantitative estimate of drug-likeness (QED) is 0.640. The maximum Gasteiger partial charge on any atom is 0.224 e. The van der Waals surface area contributed by atoms with Gasteiger partial charge in [0.1, 0.15) is 11.4 Å². The number of carbonyl (C=O) groups is 1. The number of amides is 1. The van der Waals surface area contributed by atoms with Crippen LogP contribution in [0.15, 0.2) is 42.5 Å². The molecule has 5 nitrogen and oxygen atoms in total. The van der Waals surface area contributed by atoms with Gasteiger partial charge in [0.25, 0.3) is 0 Å². The molecule has 1 aliphatic heterocycles. The second kappa shape index (κ2) is 8.97. The Balaban J connectivity index is 1.64. The van der Waals surface area contributed by atoms with Gasteiger partial charge < -0.3 is 20.3 Å². The maximum absolute atomic E-state index is 12.1. The Morgan fingerprint density at radius 2 is 1.76 bits per heavy atom. The molecule has 0 fully saturated rings. The minimum Gasteiger partial charge on any atom is -0.487 e. The Kier molecular flexibility index (Phi) is 6.60. The highest BCUT2D eigenvalue weighted by Crippen LogP contribution is 2.37. The predicted octanol–water partition coefficient (Wildman–Crippen LogP) is 2.76. The summed E-state index contributed by atoms with van der Waals surface area (Å²) in [5.41, 5.74) is 4.29. The van der Waals surface area contributed by atoms with Crippen LogP contribution in [0.1, 0.15) is 48.9 Å². The number of rotatable bonds is 8. The Morgan fingerprint density at radius 3 is 2.38 bits per heavy atom. The Hall–Kier alpha value is -2.37. The van der Waals surface area contributed by atoms with Gasteiger partial charge in [0.15, 0.2) is 0 Å². The topological polar surface area (TPSA) is 78.8 Å². The number of hydrogen-bond acceptors (Lipinski definition) is 4. The molecule has 2 aromatic rings. The van der Waals surface area contributed by atoms with Crippen molar-refractivity contribution in [2.24, 2.45) is 0 Å². The molecule has 5 heteroatoms. The molecular formula is C24H31NO4. The third kappa shape index (κ3) is 5.37. The molecule has 29 heavy (non-hydrogen) atoms. The van der Waals surface area contributed by atoms with Crippen molar-refractivity contribution in [3.8, 4) is 5.75 Å². The zero-order chi connectivity index (χ0) is 21.0. The van der Waals surface area contributed by atoms with Crippen LogP contribution in [-0.2, 0) is 24.1 Å². The van der Waals surface area contributed by atoms with Crippen LogP contribution in [0, 0.1) is 0 Å². The van der Waals surface area contributed by atoms with Crippen LogP contribution in [0.4, 0.5) is 0 Å². The summed E-state index contributed by atoms with van der Waals surface area (Å²) in [6.45, 7) is 5.95. The fourth-order valence-electron chi connectivity index (χ4n) is 3.85. The summed E-state index contributed by atoms with van der Waals surface area (Å²) < 4.78 is 6.27. The van der Waals surface area contributed by atoms with E-state index in [0.29, 0.717) is 5.92 Å². The van der Waals surface area contributed by atoms with Crippen LogP contribution in [0.25, 0.3) is 0 Å². The molecule has 0 saturated carbocycles. The van der Waals surface area contributed by atoms with Crippen LogP contribution in [0.5, 0.6) is 5.75 Å². The fourth-order valence-corrected chi connectivity index (χ4v) is 3.85. The molecule has 1 heterocycles. The van der Waals surface area contributed by atoms with E-state index in [0.717, 1.165) is 29.7 Å². The molecule has 0 unspecified atom stereocenters. The predicted molar refractivity (Wildman–Crippen MR) is 113 cm³/mol. The Bertz CT molecular complexity index is 842. The van der Waals surface area contributed by atoms with E-state index in [-0.39, 0.29) is 31.1 Å². The van der Waals surface area contributed by atoms with Crippen LogP contribution in [-0.4, -0.2) is 41.0 Å². The first-order chi connectivity index (χ1) is 13.8. The number of ether oxygens (including phenoxy) is 1. The van der Waals surface area contributed by atoms with E-state index >= 15 is 0 Å². The lowest BCUT2D eigenvalue weighted by Gasteiger charge is -2.24. The lowest BCUT2D eigenvalue weighted by molar-refractivity contribution is -0.121. The van der Waals surface area contributed by atoms with Gasteiger partial charge in [0, 0.05) is 12.8 Å². The maximum atomic E-state index is 12.1. The molecule has 3 rings (SSSR count). The number of fused-ring (bicyclic) bond motifs is 1. The van der Waals surface area contributed by atoms with E-state index in [4.69, 9.17) is 14.9 Å². The third-order valence-electron chi connectivity index (χ3n) is 5.44. The molecule has 0 radical (unpaired) electrons. The second-order valence-corrected chi connectivity index (χ2v) is 8.55. The van der Waals surface area contributed by atoms with Crippen molar-refractivity contribution >= 4 is 5.91 Å². The van der Waals surface area contributed by atoms with Gasteiger partial charge in [-0.3, -0.25) is 4.79 Å². The lowest BCUT2D eigenvalue weighted by Crippen LogP contribution is -2.40. The molecule has 0 spiro atoms. The van der Waals surface area contributed by atoms with E-state index in [9.17, 15) is 4.79 Å². The number of nitrogens with one attached hydrogen (secondary N) is 1. The first-order valence-corrected chi connectivity index (χ1v) is 10.2. The number of carbonyl (C=O) groups excluding carboxylic acids is 1. The average Bonchev–Trinajstić information content (AvgIpc) is 3.01. The van der Waals surface area contributed by atoms with Crippen LogP contribution in [0.2, 0.25) is 0 Å². The van der Waals surface area contributed by atoms with Gasteiger partial charge in [-0.2, -0.15) is 0 Å². The zero-order valence-electron chi connectivity index (χ0n) is 17.4. The summed E-state index contributed by atoms with van der Waals surface area (Å²) in [5.74, 6) is 1.18. The van der Waals surface area contributed by atoms with Crippen molar-refractivity contribution in [1.82, 2.24) is 5.32 Å². The summed E-state index contributed by atoms with van der Waals surface area (Å²) in [4.78, 5) is 12.1. The van der Waals surface area contributed by atoms with Crippen molar-refractivity contribution < 1.29 is 19.7 Å². The van der Waals surface area contributed by atoms with Gasteiger partial charge in [0.05, 0.1) is 25.7 Å². The molecule has 0 bridgehead atoms. The standard InChI is InChI=1S/C24H31NO4/c1-16(2)19-7-4-17(5-8-19)12-24(3)13-20-10-18(6-9-22(20)29-24)11-23(28)25-21(14-26)15-27/h4-10,16,21,26-27H,11-15H2,1-3H3,(H,25,28)/t24-/m1/s1. The van der Waals surface area contributed by atoms with Crippen LogP contribution in [0.3, 0.4) is 0 Å². The van der Waals surface area contributed by atoms with Crippen molar-refractivity contribution in [3.63, 3.8) is 0 Å². The highest BCUT2D eigenvalue weighted by atomic mass is 16.5. The fraction of sp³-hybridized carbons (Fsp3) is 0.458. The first-order valence-electron chi connectivity index (χ1n) is 10.2. The summed E-state index contributed by atoms with van der Waals surface area (Å²) in [6, 6.07) is 14.0. The van der Waals surface area contributed by atoms with Crippen molar-refractivity contribution in [3.05, 3.63) is 64.7 Å². The van der Waals surface area contributed by atoms with E-state index in [1.807, 2.05) is 18.2 Å². The van der Waals surface area contributed by atoms with E-state index in [1.165, 1.54) is 11.1 Å². The molecule has 0 saturated heterocycles. The van der Waals surface area contributed by atoms with Gasteiger partial charge in [-0.05, 0) is 41.2 Å². The molecule has 2 aromatic carbocycles. The number of hydrogen-bond donors (Lipinski definition) is 3. The summed E-state index contributed by atoms with van der Waals surface area (Å²) in [6.07, 6.45) is 1.82. The van der Waals surface area contributed by atoms with Crippen molar-refractivity contribution in [2.45, 2.75) is 57.6 Å². The van der Waals surface area contributed by atoms with Gasteiger partial charge in [0.2, 0.25) is 5.91 Å². The average molecular weight is 398 g/mol. The van der Waals surface area contributed by atoms with E-state index in [1.54, 1.807) is 0 Å². The molecule has 1 atom stereocenters. The van der Waals surface area contributed by atoms with Gasteiger partial charge >= 0.3 is 0 Å². The smallest absolute Gasteiger partial charge is 0.224 e. The Labute approximate surface area is 172 Å². The van der Waals surface area contributed by atoms with Gasteiger partial charge in [-0.25, -0.2) is 0 Å². The van der Waals surface area contributed by atoms with E-state index < -0.39 is 6.04 Å². The second-order valence-electron chi connectivity index (χ2n) is 8.55. The largest absolute Gasteiger partial charge is 0.487 e. The van der Waals surface area contributed by atoms with Crippen LogP contribution < -0.4 is 10.1 Å². The van der Waals surface area contributed by atoms with Crippen LogP contribution >= 0.6 is 0 Å². The molecule has 1 amide bonds. The Morgan fingerprint density at radius 1 is 1.10 bits per heavy atom. The number of aliphatic hydroxyl groups excluding tert-OH is 2. The molecular weight excluding hydrogens is 366 g/mol. The molecule has 0 aromatic heterocycles. The lowest BCUT2D eigenvalue weighted by atomic mass is 9.90. The monoisotopic (exact) mass is 397 g/mol. The minimum absolute atomic E-state index is 0.206. The van der Waals surface area contributed by atoms with Crippen molar-refractivity contribution in [2.75, 3.05) is 13.2 Å². The SMILES string of the molecule is CC(C)c1ccc(C[C@]2(C)Cc3cc(CC(=O)NC(CO)CO)ccc3O2)cc1. The third-order valence-corrected chi connectivity index (χ3v) is 5.44. The highest BCUT2D eigenvalue weighted by molar-refractivity contribution is 5.79. The van der Waals surface area contributed by atoms with E-state index in [2.05, 4.69) is 50.4 Å². The van der Waals surface area contributed by atoms with Gasteiger partial charge in [-0.1, -0.05) is 50.2 Å². The minimum atomic E-state index is -0.620. The highest BCUT2D eigenvalue weighted by Gasteiger charge is 2.35. The number of aliphatic hydroxyl groups is 2.